The molecule has 0 aliphatic rings. The van der Waals surface area contributed by atoms with Gasteiger partial charge in [-0.1, -0.05) is 6.07 Å². The van der Waals surface area contributed by atoms with E-state index < -0.39 is 0 Å². The number of hydrogen-bond acceptors (Lipinski definition) is 4. The Hall–Kier alpha value is -3.42. The lowest BCUT2D eigenvalue weighted by molar-refractivity contribution is 0.322. The van der Waals surface area contributed by atoms with Gasteiger partial charge in [0, 0.05) is 42.3 Å². The molecule has 3 rings (SSSR count). The monoisotopic (exact) mass is 442 g/mol. The average Bonchev–Trinajstić information content (AvgIpc) is 3.20. The first-order valence-corrected chi connectivity index (χ1v) is 10.7. The molecule has 172 valence electrons. The van der Waals surface area contributed by atoms with Crippen molar-refractivity contribution in [3.05, 3.63) is 53.5 Å². The number of aromatic nitrogens is 1. The van der Waals surface area contributed by atoms with Gasteiger partial charge in [0.15, 0.2) is 17.5 Å². The lowest BCUT2D eigenvalue weighted by Crippen LogP contribution is -2.38. The Balaban J connectivity index is 1.61. The molecule has 3 N–H and O–H groups in total. The molecule has 0 unspecified atom stereocenters. The van der Waals surface area contributed by atoms with E-state index in [1.807, 2.05) is 31.3 Å². The van der Waals surface area contributed by atoms with Crippen LogP contribution in [0.15, 0.2) is 41.5 Å². The summed E-state index contributed by atoms with van der Waals surface area (Å²) in [4.78, 5) is 7.81. The largest absolute Gasteiger partial charge is 0.493 e. The van der Waals surface area contributed by atoms with Crippen LogP contribution in [0.3, 0.4) is 0 Å². The summed E-state index contributed by atoms with van der Waals surface area (Å²) in [6, 6.07) is 8.65. The summed E-state index contributed by atoms with van der Waals surface area (Å²) in [5.41, 5.74) is 2.94. The molecule has 0 saturated heterocycles. The number of rotatable bonds is 10. The topological polar surface area (TPSA) is 79.9 Å². The summed E-state index contributed by atoms with van der Waals surface area (Å²) in [6.45, 7) is 4.07. The Morgan fingerprint density at radius 2 is 1.78 bits per heavy atom. The van der Waals surface area contributed by atoms with Gasteiger partial charge in [0.25, 0.3) is 0 Å². The molecule has 3 aromatic rings. The van der Waals surface area contributed by atoms with Gasteiger partial charge in [-0.05, 0) is 49.6 Å². The van der Waals surface area contributed by atoms with Crippen LogP contribution in [-0.4, -0.2) is 51.9 Å². The number of aromatic amines is 1. The van der Waals surface area contributed by atoms with Gasteiger partial charge in [-0.3, -0.25) is 4.99 Å². The zero-order chi connectivity index (χ0) is 22.9. The van der Waals surface area contributed by atoms with E-state index in [9.17, 15) is 4.39 Å². The Morgan fingerprint density at radius 3 is 2.50 bits per heavy atom. The Labute approximate surface area is 188 Å². The Kier molecular flexibility index (Phi) is 8.19. The maximum atomic E-state index is 13.4. The number of benzene rings is 2. The summed E-state index contributed by atoms with van der Waals surface area (Å²) in [5.74, 6) is 2.39. The third-order valence-electron chi connectivity index (χ3n) is 5.20. The molecule has 1 aromatic heterocycles. The number of ether oxygens (including phenoxy) is 3. The second-order valence-electron chi connectivity index (χ2n) is 7.18. The van der Waals surface area contributed by atoms with Crippen LogP contribution in [0.1, 0.15) is 18.1 Å². The molecule has 0 aliphatic heterocycles. The fourth-order valence-electron chi connectivity index (χ4n) is 3.67. The molecule has 0 aliphatic carbocycles. The number of methoxy groups -OCH3 is 3. The first-order valence-electron chi connectivity index (χ1n) is 10.7. The Bertz CT molecular complexity index is 1060. The smallest absolute Gasteiger partial charge is 0.203 e. The van der Waals surface area contributed by atoms with Crippen LogP contribution in [0, 0.1) is 5.82 Å². The fraction of sp³-hybridized carbons (Fsp3) is 0.375. The summed E-state index contributed by atoms with van der Waals surface area (Å²) in [6.07, 6.45) is 3.41. The summed E-state index contributed by atoms with van der Waals surface area (Å²) in [7, 11) is 4.82. The average molecular weight is 443 g/mol. The molecule has 0 saturated carbocycles. The number of guanidine groups is 1. The van der Waals surface area contributed by atoms with Crippen molar-refractivity contribution in [1.82, 2.24) is 15.6 Å². The number of H-pyrrole nitrogens is 1. The van der Waals surface area contributed by atoms with Gasteiger partial charge < -0.3 is 29.8 Å². The summed E-state index contributed by atoms with van der Waals surface area (Å²) < 4.78 is 29.7. The van der Waals surface area contributed by atoms with Crippen LogP contribution in [0.2, 0.25) is 0 Å². The van der Waals surface area contributed by atoms with Crippen LogP contribution in [-0.2, 0) is 12.8 Å². The third kappa shape index (κ3) is 5.43. The van der Waals surface area contributed by atoms with Crippen LogP contribution < -0.4 is 24.8 Å². The lowest BCUT2D eigenvalue weighted by Gasteiger charge is -2.15. The molecule has 1 heterocycles. The van der Waals surface area contributed by atoms with Gasteiger partial charge in [-0.2, -0.15) is 0 Å². The quantitative estimate of drug-likeness (QED) is 0.330. The van der Waals surface area contributed by atoms with Gasteiger partial charge in [-0.15, -0.1) is 0 Å². The molecular formula is C24H31FN4O3. The van der Waals surface area contributed by atoms with Crippen molar-refractivity contribution in [2.45, 2.75) is 19.8 Å². The van der Waals surface area contributed by atoms with Crippen molar-refractivity contribution >= 4 is 16.9 Å². The van der Waals surface area contributed by atoms with Crippen LogP contribution >= 0.6 is 0 Å². The van der Waals surface area contributed by atoms with Crippen molar-refractivity contribution in [1.29, 1.82) is 0 Å². The maximum Gasteiger partial charge on any atom is 0.203 e. The molecule has 8 heteroatoms. The molecule has 0 fully saturated rings. The highest BCUT2D eigenvalue weighted by Crippen LogP contribution is 2.39. The van der Waals surface area contributed by atoms with E-state index in [1.54, 1.807) is 21.3 Å². The molecule has 0 bridgehead atoms. The van der Waals surface area contributed by atoms with E-state index in [2.05, 4.69) is 20.6 Å². The molecule has 0 radical (unpaired) electrons. The first kappa shape index (κ1) is 23.2. The molecule has 7 nitrogen and oxygen atoms in total. The molecule has 0 amide bonds. The number of fused-ring (bicyclic) bond motifs is 1. The molecule has 0 atom stereocenters. The van der Waals surface area contributed by atoms with E-state index in [4.69, 9.17) is 14.2 Å². The summed E-state index contributed by atoms with van der Waals surface area (Å²) in [5, 5.41) is 7.67. The highest BCUT2D eigenvalue weighted by Gasteiger charge is 2.15. The zero-order valence-corrected chi connectivity index (χ0v) is 19.0. The van der Waals surface area contributed by atoms with E-state index in [0.29, 0.717) is 36.8 Å². The van der Waals surface area contributed by atoms with Crippen molar-refractivity contribution < 1.29 is 18.6 Å². The van der Waals surface area contributed by atoms with E-state index in [-0.39, 0.29) is 5.82 Å². The molecule has 2 aromatic carbocycles. The van der Waals surface area contributed by atoms with Crippen molar-refractivity contribution in [2.24, 2.45) is 4.99 Å². The number of halogens is 1. The first-order chi connectivity index (χ1) is 15.6. The number of hydrogen-bond donors (Lipinski definition) is 3. The SMILES string of the molecule is CCNC(=NCCc1ccc(OC)c(OC)c1OC)NCCc1c[nH]c2cc(F)ccc12. The second-order valence-corrected chi connectivity index (χ2v) is 7.18. The second kappa shape index (κ2) is 11.3. The van der Waals surface area contributed by atoms with Crippen LogP contribution in [0.4, 0.5) is 4.39 Å². The third-order valence-corrected chi connectivity index (χ3v) is 5.20. The predicted octanol–water partition coefficient (Wildman–Crippen LogP) is 3.67. The van der Waals surface area contributed by atoms with Gasteiger partial charge in [-0.25, -0.2) is 4.39 Å². The summed E-state index contributed by atoms with van der Waals surface area (Å²) >= 11 is 0. The van der Waals surface area contributed by atoms with E-state index in [1.165, 1.54) is 12.1 Å². The molecule has 32 heavy (non-hydrogen) atoms. The zero-order valence-electron chi connectivity index (χ0n) is 19.0. The minimum Gasteiger partial charge on any atom is -0.493 e. The minimum atomic E-state index is -0.239. The van der Waals surface area contributed by atoms with Gasteiger partial charge in [0.2, 0.25) is 5.75 Å². The Morgan fingerprint density at radius 1 is 0.969 bits per heavy atom. The highest BCUT2D eigenvalue weighted by atomic mass is 19.1. The number of nitrogens with one attached hydrogen (secondary N) is 3. The van der Waals surface area contributed by atoms with Gasteiger partial charge in [0.05, 0.1) is 21.3 Å². The van der Waals surface area contributed by atoms with Gasteiger partial charge >= 0.3 is 0 Å². The van der Waals surface area contributed by atoms with Crippen LogP contribution in [0.5, 0.6) is 17.2 Å². The van der Waals surface area contributed by atoms with Crippen molar-refractivity contribution in [3.63, 3.8) is 0 Å². The maximum absolute atomic E-state index is 13.4. The molecule has 0 spiro atoms. The normalized spacial score (nSPS) is 11.5. The number of nitrogens with zero attached hydrogens (tertiary/aromatic N) is 1. The van der Waals surface area contributed by atoms with Crippen molar-refractivity contribution in [2.75, 3.05) is 41.0 Å². The highest BCUT2D eigenvalue weighted by molar-refractivity contribution is 5.83. The molecular weight excluding hydrogens is 411 g/mol. The van der Waals surface area contributed by atoms with Crippen LogP contribution in [0.25, 0.3) is 10.9 Å². The van der Waals surface area contributed by atoms with E-state index in [0.717, 1.165) is 41.0 Å². The standard InChI is InChI=1S/C24H31FN4O3/c1-5-26-24(28-13-11-17-15-29-20-14-18(25)7-8-19(17)20)27-12-10-16-6-9-21(30-2)23(32-4)22(16)31-3/h6-9,14-15,29H,5,10-13H2,1-4H3,(H2,26,27,28). The number of aliphatic imine (C=N–C) groups is 1. The minimum absolute atomic E-state index is 0.239. The predicted molar refractivity (Wildman–Crippen MR) is 126 cm³/mol. The fourth-order valence-corrected chi connectivity index (χ4v) is 3.67. The van der Waals surface area contributed by atoms with Gasteiger partial charge in [0.1, 0.15) is 5.82 Å². The van der Waals surface area contributed by atoms with E-state index >= 15 is 0 Å². The van der Waals surface area contributed by atoms with Crippen molar-refractivity contribution in [3.8, 4) is 17.2 Å². The lowest BCUT2D eigenvalue weighted by atomic mass is 10.1.